The number of nitrogens with one attached hydrogen (secondary N) is 1. The highest BCUT2D eigenvalue weighted by Crippen LogP contribution is 2.42. The van der Waals surface area contributed by atoms with Crippen LogP contribution >= 0.6 is 58.0 Å². The standard InChI is InChI=1S/C23H31N3O4S.C17H22N4O2S.C11H10ClN3OS.C11H21NO3.ClH/c1-14(27)26-10-9-18-17(12-26)20-21(24-13-25-22(20)31-18)29-16-7-5-15(6-8-16)11-19(28)30-23(2,3)4;1-10(22)21-7-6-14-13(8-21)15-16(19-9-20-17(15)24-14)23-12-4-2-11(18)3-5-12;1-6(16)15-3-2-8-7(4-15)9-10(12)13-5-14-11(9)17-8;1-11(2,3)15-10(14)12-8-4-6-9(13)7-5-8;/h13,15-16H,5-12H2,1-4H3;9,11-12H,2-8,18H2,1H3;5H,2-4H2,1H3;8-9,13H,4-7H2,1-3H3,(H,12,14);1H. The Hall–Kier alpha value is -5.63. The van der Waals surface area contributed by atoms with Crippen molar-refractivity contribution in [3.8, 4) is 11.8 Å². The molecular formula is C62H85Cl2N11O10S3. The van der Waals surface area contributed by atoms with Gasteiger partial charge in [0.15, 0.2) is 0 Å². The van der Waals surface area contributed by atoms with Crippen molar-refractivity contribution >= 4 is 118 Å². The number of halogens is 2. The number of hydrogen-bond acceptors (Lipinski definition) is 20. The number of amides is 4. The monoisotopic (exact) mass is 1310 g/mol. The van der Waals surface area contributed by atoms with Gasteiger partial charge in [-0.25, -0.2) is 34.7 Å². The molecule has 3 saturated carbocycles. The summed E-state index contributed by atoms with van der Waals surface area (Å²) in [6.07, 6.45) is 18.2. The van der Waals surface area contributed by atoms with E-state index in [1.54, 1.807) is 67.4 Å². The molecule has 88 heavy (non-hydrogen) atoms. The molecule has 12 rings (SSSR count). The smallest absolute Gasteiger partial charge is 0.407 e. The molecule has 480 valence electrons. The van der Waals surface area contributed by atoms with Gasteiger partial charge in [-0.3, -0.25) is 19.2 Å². The maximum Gasteiger partial charge on any atom is 0.407 e. The molecule has 6 aromatic heterocycles. The van der Waals surface area contributed by atoms with Crippen molar-refractivity contribution in [1.82, 2.24) is 49.9 Å². The molecule has 3 aliphatic heterocycles. The maximum absolute atomic E-state index is 12.1. The number of aliphatic hydroxyl groups is 1. The number of ether oxygens (including phenoxy) is 4. The van der Waals surface area contributed by atoms with E-state index in [2.05, 4.69) is 35.2 Å². The van der Waals surface area contributed by atoms with Gasteiger partial charge in [-0.15, -0.1) is 46.4 Å². The van der Waals surface area contributed by atoms with Gasteiger partial charge in [-0.2, -0.15) is 0 Å². The first-order valence-corrected chi connectivity index (χ1v) is 33.3. The zero-order valence-corrected chi connectivity index (χ0v) is 56.0. The Morgan fingerprint density at radius 3 is 1.40 bits per heavy atom. The van der Waals surface area contributed by atoms with E-state index in [0.717, 1.165) is 158 Å². The van der Waals surface area contributed by atoms with Crippen molar-refractivity contribution in [3.63, 3.8) is 0 Å². The largest absolute Gasteiger partial charge is 0.474 e. The number of rotatable bonds is 7. The molecule has 21 nitrogen and oxygen atoms in total. The molecule has 0 saturated heterocycles. The molecule has 9 heterocycles. The number of esters is 1. The van der Waals surface area contributed by atoms with Gasteiger partial charge < -0.3 is 49.8 Å². The first-order chi connectivity index (χ1) is 41.3. The van der Waals surface area contributed by atoms with Crippen molar-refractivity contribution in [3.05, 3.63) is 55.5 Å². The lowest BCUT2D eigenvalue weighted by Crippen LogP contribution is -2.41. The van der Waals surface area contributed by atoms with Crippen molar-refractivity contribution in [2.45, 2.75) is 226 Å². The third kappa shape index (κ3) is 18.1. The number of nitrogens with two attached hydrogens (primary N) is 1. The average molecular weight is 1310 g/mol. The second-order valence-corrected chi connectivity index (χ2v) is 29.1. The number of hydrogen-bond donors (Lipinski definition) is 3. The minimum absolute atomic E-state index is 0. The molecule has 6 aliphatic rings. The van der Waals surface area contributed by atoms with Crippen LogP contribution in [0.4, 0.5) is 4.79 Å². The van der Waals surface area contributed by atoms with Crippen LogP contribution in [0.1, 0.15) is 177 Å². The fraction of sp³-hybridized carbons (Fsp3) is 0.629. The molecule has 0 unspecified atom stereocenters. The molecule has 4 N–H and O–H groups in total. The third-order valence-electron chi connectivity index (χ3n) is 16.5. The summed E-state index contributed by atoms with van der Waals surface area (Å²) in [4.78, 5) is 96.8. The van der Waals surface area contributed by atoms with E-state index < -0.39 is 11.2 Å². The van der Waals surface area contributed by atoms with Crippen molar-refractivity contribution in [2.24, 2.45) is 11.7 Å². The molecule has 0 radical (unpaired) electrons. The lowest BCUT2D eigenvalue weighted by Gasteiger charge is -2.29. The average Bonchev–Trinajstić information content (AvgIpc) is 2.04. The highest BCUT2D eigenvalue weighted by Gasteiger charge is 2.32. The van der Waals surface area contributed by atoms with E-state index in [1.165, 1.54) is 26.5 Å². The highest BCUT2D eigenvalue weighted by atomic mass is 35.5. The summed E-state index contributed by atoms with van der Waals surface area (Å²) >= 11 is 11.2. The van der Waals surface area contributed by atoms with Gasteiger partial charge in [-0.1, -0.05) is 11.6 Å². The molecule has 0 spiro atoms. The Balaban J connectivity index is 0.000000157. The van der Waals surface area contributed by atoms with Gasteiger partial charge in [0.25, 0.3) is 0 Å². The topological polar surface area (TPSA) is 268 Å². The summed E-state index contributed by atoms with van der Waals surface area (Å²) in [5.74, 6) is 1.83. The lowest BCUT2D eigenvalue weighted by molar-refractivity contribution is -0.156. The van der Waals surface area contributed by atoms with E-state index in [0.29, 0.717) is 54.9 Å². The highest BCUT2D eigenvalue weighted by molar-refractivity contribution is 7.19. The zero-order chi connectivity index (χ0) is 62.3. The third-order valence-corrected chi connectivity index (χ3v) is 20.4. The minimum Gasteiger partial charge on any atom is -0.474 e. The number of nitrogens with zero attached hydrogens (tertiary/aromatic N) is 9. The summed E-state index contributed by atoms with van der Waals surface area (Å²) in [5, 5.41) is 15.5. The Labute approximate surface area is 538 Å². The maximum atomic E-state index is 12.1. The lowest BCUT2D eigenvalue weighted by atomic mass is 9.85. The summed E-state index contributed by atoms with van der Waals surface area (Å²) in [6, 6.07) is 0.455. The molecule has 4 amide bonds. The number of carbonyl (C=O) groups is 5. The Morgan fingerprint density at radius 1 is 0.580 bits per heavy atom. The van der Waals surface area contributed by atoms with Crippen LogP contribution in [0.3, 0.4) is 0 Å². The van der Waals surface area contributed by atoms with Crippen LogP contribution in [0.15, 0.2) is 19.0 Å². The number of carbonyl (C=O) groups excluding carboxylic acids is 5. The fourth-order valence-electron chi connectivity index (χ4n) is 11.9. The molecule has 3 aliphatic carbocycles. The van der Waals surface area contributed by atoms with E-state index in [1.807, 2.05) is 56.2 Å². The Kier molecular flexibility index (Phi) is 23.3. The number of thiophene rings is 3. The zero-order valence-electron chi connectivity index (χ0n) is 52.0. The van der Waals surface area contributed by atoms with Gasteiger partial charge in [0.1, 0.15) is 62.0 Å². The van der Waals surface area contributed by atoms with Crippen molar-refractivity contribution < 1.29 is 48.0 Å². The Bertz CT molecular complexity index is 3420. The molecule has 0 atom stereocenters. The molecule has 0 bridgehead atoms. The molecule has 3 fully saturated rings. The molecular weight excluding hydrogens is 1230 g/mol. The van der Waals surface area contributed by atoms with Crippen LogP contribution in [0.25, 0.3) is 30.6 Å². The number of aromatic nitrogens is 6. The van der Waals surface area contributed by atoms with Crippen LogP contribution in [-0.4, -0.2) is 141 Å². The summed E-state index contributed by atoms with van der Waals surface area (Å²) in [6.45, 7) is 20.2. The van der Waals surface area contributed by atoms with Gasteiger partial charge in [0.05, 0.1) is 22.3 Å². The summed E-state index contributed by atoms with van der Waals surface area (Å²) < 4.78 is 23.2. The number of fused-ring (bicyclic) bond motifs is 9. The SMILES string of the molecule is CC(=O)N1CCc2sc3ncnc(Cl)c3c2C1.CC(=O)N1CCc2sc3ncnc(OC4CCC(CC(=O)OC(C)(C)C)CC4)c3c2C1.CC(=O)N1CCc2sc3ncnc(OC4CCC(N)CC4)c3c2C1.CC(C)(C)OC(=O)NC1CCC(O)CC1.Cl. The van der Waals surface area contributed by atoms with Gasteiger partial charge in [0, 0.05) is 104 Å². The minimum atomic E-state index is -0.446. The van der Waals surface area contributed by atoms with Crippen molar-refractivity contribution in [2.75, 3.05) is 19.6 Å². The van der Waals surface area contributed by atoms with E-state index >= 15 is 0 Å². The predicted octanol–water partition coefficient (Wildman–Crippen LogP) is 11.0. The number of alkyl carbamates (subject to hydrolysis) is 1. The Morgan fingerprint density at radius 2 is 0.977 bits per heavy atom. The summed E-state index contributed by atoms with van der Waals surface area (Å²) in [7, 11) is 0. The van der Waals surface area contributed by atoms with Crippen LogP contribution in [0.5, 0.6) is 11.8 Å². The fourth-order valence-corrected chi connectivity index (χ4v) is 15.6. The van der Waals surface area contributed by atoms with Gasteiger partial charge in [0.2, 0.25) is 29.5 Å². The second kappa shape index (κ2) is 30.0. The van der Waals surface area contributed by atoms with E-state index in [9.17, 15) is 29.1 Å². The summed E-state index contributed by atoms with van der Waals surface area (Å²) in [5.41, 5.74) is 8.52. The van der Waals surface area contributed by atoms with Crippen LogP contribution < -0.4 is 20.5 Å². The number of aliphatic hydroxyl groups excluding tert-OH is 1. The molecule has 6 aromatic rings. The first-order valence-electron chi connectivity index (χ1n) is 30.5. The molecule has 26 heteroatoms. The molecule has 0 aromatic carbocycles. The van der Waals surface area contributed by atoms with E-state index in [4.69, 9.17) is 36.3 Å². The predicted molar refractivity (Wildman–Crippen MR) is 344 cm³/mol. The first kappa shape index (κ1) is 68.3. The normalized spacial score (nSPS) is 21.7. The van der Waals surface area contributed by atoms with Crippen LogP contribution in [-0.2, 0) is 67.5 Å². The second-order valence-electron chi connectivity index (χ2n) is 25.5. The van der Waals surface area contributed by atoms with Crippen molar-refractivity contribution in [1.29, 1.82) is 0 Å². The quantitative estimate of drug-likeness (QED) is 0.0990. The van der Waals surface area contributed by atoms with Gasteiger partial charge >= 0.3 is 12.1 Å². The van der Waals surface area contributed by atoms with Crippen LogP contribution in [0, 0.1) is 5.92 Å². The van der Waals surface area contributed by atoms with E-state index in [-0.39, 0.29) is 66.5 Å². The van der Waals surface area contributed by atoms with Crippen LogP contribution in [0.2, 0.25) is 5.15 Å². The van der Waals surface area contributed by atoms with Gasteiger partial charge in [-0.05, 0) is 149 Å².